The Bertz CT molecular complexity index is 919. The highest BCUT2D eigenvalue weighted by Gasteiger charge is 2.28. The molecule has 0 saturated heterocycles. The lowest BCUT2D eigenvalue weighted by molar-refractivity contribution is -0.141. The Morgan fingerprint density at radius 1 is 1.24 bits per heavy atom. The van der Waals surface area contributed by atoms with Crippen molar-refractivity contribution in [2.45, 2.75) is 31.5 Å². The second-order valence-corrected chi connectivity index (χ2v) is 5.97. The van der Waals surface area contributed by atoms with Gasteiger partial charge in [-0.25, -0.2) is 18.4 Å². The maximum atomic E-state index is 13.9. The molecule has 1 aromatic heterocycles. The minimum Gasteiger partial charge on any atom is -0.480 e. The first kappa shape index (κ1) is 21.7. The number of amides is 3. The van der Waals surface area contributed by atoms with Crippen LogP contribution in [0.15, 0.2) is 22.6 Å². The molecule has 13 heteroatoms. The Hall–Kier alpha value is -3.61. The van der Waals surface area contributed by atoms with E-state index in [1.807, 2.05) is 5.32 Å². The van der Waals surface area contributed by atoms with E-state index >= 15 is 0 Å². The fraction of sp³-hybridized carbons (Fsp3) is 0.312. The Morgan fingerprint density at radius 3 is 2.52 bits per heavy atom. The number of nitrogens with one attached hydrogen (secondary N) is 2. The van der Waals surface area contributed by atoms with E-state index in [2.05, 4.69) is 15.5 Å². The molecular weight excluding hydrogens is 396 g/mol. The van der Waals surface area contributed by atoms with Crippen LogP contribution in [-0.4, -0.2) is 50.5 Å². The normalized spacial score (nSPS) is 13.9. The standard InChI is InChI=1S/C16H17F2N5O6/c1-6(24)12(15(26)27)21-16(28)20-10(5-11(19)25)14-23-22-13(29-14)8-4-7(17)2-3-9(8)18/h2-4,6,10,12,24H,5H2,1H3,(H2,19,25)(H,26,27)(H2,20,21,28)/t6?,10-,12-/m0/s1. The van der Waals surface area contributed by atoms with E-state index in [0.29, 0.717) is 0 Å². The number of hydrogen-bond donors (Lipinski definition) is 5. The van der Waals surface area contributed by atoms with Crippen molar-refractivity contribution in [2.75, 3.05) is 0 Å². The number of benzene rings is 1. The fourth-order valence-electron chi connectivity index (χ4n) is 2.28. The molecule has 156 valence electrons. The minimum atomic E-state index is -1.64. The monoisotopic (exact) mass is 413 g/mol. The van der Waals surface area contributed by atoms with Gasteiger partial charge >= 0.3 is 12.0 Å². The summed E-state index contributed by atoms with van der Waals surface area (Å²) in [6.45, 7) is 1.15. The highest BCUT2D eigenvalue weighted by Crippen LogP contribution is 2.25. The molecule has 0 aliphatic carbocycles. The van der Waals surface area contributed by atoms with E-state index in [1.165, 1.54) is 0 Å². The molecule has 3 amide bonds. The van der Waals surface area contributed by atoms with E-state index < -0.39 is 60.0 Å². The van der Waals surface area contributed by atoms with Gasteiger partial charge in [0.1, 0.15) is 17.7 Å². The number of rotatable bonds is 8. The minimum absolute atomic E-state index is 0.342. The van der Waals surface area contributed by atoms with Crippen LogP contribution in [-0.2, 0) is 9.59 Å². The zero-order valence-corrected chi connectivity index (χ0v) is 14.9. The zero-order valence-electron chi connectivity index (χ0n) is 14.9. The van der Waals surface area contributed by atoms with Gasteiger partial charge in [-0.2, -0.15) is 0 Å². The van der Waals surface area contributed by atoms with E-state index in [0.717, 1.165) is 25.1 Å². The summed E-state index contributed by atoms with van der Waals surface area (Å²) in [7, 11) is 0. The molecule has 0 fully saturated rings. The Kier molecular flexibility index (Phi) is 6.77. The summed E-state index contributed by atoms with van der Waals surface area (Å²) < 4.78 is 32.4. The topological polar surface area (TPSA) is 181 Å². The number of aliphatic hydroxyl groups excluding tert-OH is 1. The van der Waals surface area contributed by atoms with Crippen LogP contribution in [0, 0.1) is 11.6 Å². The SMILES string of the molecule is CC(O)[C@H](NC(=O)N[C@@H](CC(N)=O)c1nnc(-c2cc(F)ccc2F)o1)C(=O)O. The largest absolute Gasteiger partial charge is 0.480 e. The van der Waals surface area contributed by atoms with Crippen LogP contribution < -0.4 is 16.4 Å². The van der Waals surface area contributed by atoms with Crippen LogP contribution in [0.2, 0.25) is 0 Å². The molecule has 2 rings (SSSR count). The number of hydrogen-bond acceptors (Lipinski definition) is 7. The molecule has 29 heavy (non-hydrogen) atoms. The van der Waals surface area contributed by atoms with Crippen LogP contribution in [0.3, 0.4) is 0 Å². The molecule has 0 radical (unpaired) electrons. The third kappa shape index (κ3) is 5.68. The van der Waals surface area contributed by atoms with Crippen LogP contribution >= 0.6 is 0 Å². The van der Waals surface area contributed by atoms with Crippen LogP contribution in [0.1, 0.15) is 25.3 Å². The number of carbonyl (C=O) groups excluding carboxylic acids is 2. The number of nitrogens with two attached hydrogens (primary N) is 1. The number of carboxylic acids is 1. The highest BCUT2D eigenvalue weighted by atomic mass is 19.1. The summed E-state index contributed by atoms with van der Waals surface area (Å²) in [5.41, 5.74) is 4.78. The molecule has 0 aliphatic rings. The van der Waals surface area contributed by atoms with E-state index in [9.17, 15) is 28.3 Å². The van der Waals surface area contributed by atoms with E-state index in [4.69, 9.17) is 15.3 Å². The number of aromatic nitrogens is 2. The molecule has 1 aromatic carbocycles. The van der Waals surface area contributed by atoms with Gasteiger partial charge in [-0.05, 0) is 25.1 Å². The van der Waals surface area contributed by atoms with Crippen molar-refractivity contribution in [3.05, 3.63) is 35.7 Å². The van der Waals surface area contributed by atoms with Gasteiger partial charge in [0.2, 0.25) is 11.8 Å². The average molecular weight is 413 g/mol. The third-order valence-electron chi connectivity index (χ3n) is 3.64. The first-order valence-electron chi connectivity index (χ1n) is 8.13. The van der Waals surface area contributed by atoms with Crippen molar-refractivity contribution in [3.63, 3.8) is 0 Å². The molecule has 6 N–H and O–H groups in total. The van der Waals surface area contributed by atoms with Gasteiger partial charge in [-0.1, -0.05) is 0 Å². The Morgan fingerprint density at radius 2 is 1.93 bits per heavy atom. The zero-order chi connectivity index (χ0) is 21.7. The molecule has 2 aromatic rings. The molecular formula is C16H17F2N5O6. The molecule has 1 heterocycles. The predicted molar refractivity (Wildman–Crippen MR) is 91.0 cm³/mol. The number of aliphatic carboxylic acids is 1. The van der Waals surface area contributed by atoms with Crippen LogP contribution in [0.4, 0.5) is 13.6 Å². The summed E-state index contributed by atoms with van der Waals surface area (Å²) in [6.07, 6.45) is -1.94. The molecule has 0 aliphatic heterocycles. The summed E-state index contributed by atoms with van der Waals surface area (Å²) in [5, 5.41) is 29.7. The van der Waals surface area contributed by atoms with Gasteiger partial charge in [0.05, 0.1) is 18.1 Å². The molecule has 1 unspecified atom stereocenters. The van der Waals surface area contributed by atoms with Gasteiger partial charge in [0.15, 0.2) is 6.04 Å². The first-order chi connectivity index (χ1) is 13.6. The number of aliphatic hydroxyl groups is 1. The van der Waals surface area contributed by atoms with Crippen LogP contribution in [0.25, 0.3) is 11.5 Å². The van der Waals surface area contributed by atoms with Crippen molar-refractivity contribution in [2.24, 2.45) is 5.73 Å². The van der Waals surface area contributed by atoms with Gasteiger partial charge in [-0.3, -0.25) is 4.79 Å². The maximum absolute atomic E-state index is 13.9. The predicted octanol–water partition coefficient (Wildman–Crippen LogP) is 0.0645. The summed E-state index contributed by atoms with van der Waals surface area (Å²) in [4.78, 5) is 34.4. The second kappa shape index (κ2) is 9.05. The number of primary amides is 1. The van der Waals surface area contributed by atoms with E-state index in [-0.39, 0.29) is 11.5 Å². The lowest BCUT2D eigenvalue weighted by atomic mass is 10.2. The molecule has 0 spiro atoms. The lowest BCUT2D eigenvalue weighted by Crippen LogP contribution is -2.52. The number of carbonyl (C=O) groups is 3. The van der Waals surface area contributed by atoms with Gasteiger partial charge in [-0.15, -0.1) is 10.2 Å². The Labute approximate surface area is 161 Å². The maximum Gasteiger partial charge on any atom is 0.328 e. The van der Waals surface area contributed by atoms with Crippen molar-refractivity contribution < 1.29 is 37.8 Å². The number of nitrogens with zero attached hydrogens (tertiary/aromatic N) is 2. The average Bonchev–Trinajstić information content (AvgIpc) is 3.10. The number of urea groups is 1. The summed E-state index contributed by atoms with van der Waals surface area (Å²) in [6, 6.07) is -1.46. The number of halogens is 2. The molecule has 3 atom stereocenters. The van der Waals surface area contributed by atoms with Crippen molar-refractivity contribution >= 4 is 17.9 Å². The van der Waals surface area contributed by atoms with Gasteiger partial charge in [0, 0.05) is 0 Å². The molecule has 11 nitrogen and oxygen atoms in total. The lowest BCUT2D eigenvalue weighted by Gasteiger charge is -2.19. The Balaban J connectivity index is 2.24. The van der Waals surface area contributed by atoms with E-state index in [1.54, 1.807) is 0 Å². The highest BCUT2D eigenvalue weighted by molar-refractivity contribution is 5.83. The first-order valence-corrected chi connectivity index (χ1v) is 8.13. The van der Waals surface area contributed by atoms with Crippen molar-refractivity contribution in [1.82, 2.24) is 20.8 Å². The van der Waals surface area contributed by atoms with Crippen molar-refractivity contribution in [1.29, 1.82) is 0 Å². The molecule has 0 bridgehead atoms. The van der Waals surface area contributed by atoms with Crippen molar-refractivity contribution in [3.8, 4) is 11.5 Å². The fourth-order valence-corrected chi connectivity index (χ4v) is 2.28. The quantitative estimate of drug-likeness (QED) is 0.403. The van der Waals surface area contributed by atoms with Gasteiger partial charge < -0.3 is 31.0 Å². The smallest absolute Gasteiger partial charge is 0.328 e. The summed E-state index contributed by atoms with van der Waals surface area (Å²) >= 11 is 0. The van der Waals surface area contributed by atoms with Gasteiger partial charge in [0.25, 0.3) is 5.89 Å². The van der Waals surface area contributed by atoms with Crippen LogP contribution in [0.5, 0.6) is 0 Å². The summed E-state index contributed by atoms with van der Waals surface area (Å²) in [5.74, 6) is -4.76. The second-order valence-electron chi connectivity index (χ2n) is 5.97. The molecule has 0 saturated carbocycles. The third-order valence-corrected chi connectivity index (χ3v) is 3.64. The number of carboxylic acid groups (broad SMARTS) is 1.